The van der Waals surface area contributed by atoms with Gasteiger partial charge in [0.15, 0.2) is 0 Å². The van der Waals surface area contributed by atoms with Crippen molar-refractivity contribution in [2.75, 3.05) is 6.54 Å². The molecule has 0 spiro atoms. The van der Waals surface area contributed by atoms with E-state index in [0.29, 0.717) is 6.54 Å². The van der Waals surface area contributed by atoms with Gasteiger partial charge in [0.25, 0.3) is 0 Å². The fourth-order valence-electron chi connectivity index (χ4n) is 1.60. The minimum atomic E-state index is -0.0431. The average Bonchev–Trinajstić information content (AvgIpc) is 2.66. The van der Waals surface area contributed by atoms with E-state index >= 15 is 0 Å². The molecule has 16 heavy (non-hydrogen) atoms. The summed E-state index contributed by atoms with van der Waals surface area (Å²) >= 11 is 0. The summed E-state index contributed by atoms with van der Waals surface area (Å²) in [4.78, 5) is 11.6. The number of aromatic nitrogens is 1. The van der Waals surface area contributed by atoms with E-state index in [4.69, 9.17) is 5.73 Å². The Kier molecular flexibility index (Phi) is 5.05. The number of amides is 1. The normalized spacial score (nSPS) is 12.4. The van der Waals surface area contributed by atoms with E-state index in [1.54, 1.807) is 0 Å². The molecule has 1 rings (SSSR count). The third-order valence-corrected chi connectivity index (χ3v) is 2.50. The number of nitrogens with zero attached hydrogens (tertiary/aromatic N) is 1. The molecule has 1 amide bonds. The first-order chi connectivity index (χ1) is 7.65. The summed E-state index contributed by atoms with van der Waals surface area (Å²) in [5, 5.41) is 2.89. The molecule has 0 fully saturated rings. The van der Waals surface area contributed by atoms with Crippen molar-refractivity contribution in [1.82, 2.24) is 9.88 Å². The van der Waals surface area contributed by atoms with Gasteiger partial charge in [-0.25, -0.2) is 0 Å². The fourth-order valence-corrected chi connectivity index (χ4v) is 1.60. The van der Waals surface area contributed by atoms with Gasteiger partial charge in [-0.2, -0.15) is 0 Å². The van der Waals surface area contributed by atoms with E-state index in [9.17, 15) is 4.79 Å². The predicted molar refractivity (Wildman–Crippen MR) is 65.0 cm³/mol. The molecule has 0 aromatic carbocycles. The second kappa shape index (κ2) is 6.33. The van der Waals surface area contributed by atoms with Crippen LogP contribution in [0.25, 0.3) is 0 Å². The van der Waals surface area contributed by atoms with Crippen molar-refractivity contribution < 1.29 is 4.79 Å². The van der Waals surface area contributed by atoms with Crippen molar-refractivity contribution in [1.29, 1.82) is 0 Å². The van der Waals surface area contributed by atoms with Gasteiger partial charge in [-0.1, -0.05) is 13.3 Å². The minimum absolute atomic E-state index is 0.0431. The van der Waals surface area contributed by atoms with Crippen LogP contribution < -0.4 is 11.1 Å². The van der Waals surface area contributed by atoms with Crippen molar-refractivity contribution in [3.05, 3.63) is 24.0 Å². The first-order valence-electron chi connectivity index (χ1n) is 5.82. The molecule has 0 saturated carbocycles. The molecule has 1 atom stereocenters. The Morgan fingerprint density at radius 2 is 2.38 bits per heavy atom. The SMILES string of the molecule is CCCCNC(=O)Cn1cccc1C(C)N. The zero-order valence-electron chi connectivity index (χ0n) is 10.1. The number of nitrogens with one attached hydrogen (secondary N) is 1. The van der Waals surface area contributed by atoms with Crippen LogP contribution in [0.3, 0.4) is 0 Å². The summed E-state index contributed by atoms with van der Waals surface area (Å²) in [6.45, 7) is 5.13. The van der Waals surface area contributed by atoms with E-state index in [-0.39, 0.29) is 11.9 Å². The third kappa shape index (κ3) is 3.70. The van der Waals surface area contributed by atoms with Gasteiger partial charge in [0.05, 0.1) is 0 Å². The summed E-state index contributed by atoms with van der Waals surface area (Å²) in [6.07, 6.45) is 4.00. The Labute approximate surface area is 96.8 Å². The molecule has 0 bridgehead atoms. The number of hydrogen-bond acceptors (Lipinski definition) is 2. The average molecular weight is 223 g/mol. The van der Waals surface area contributed by atoms with Crippen LogP contribution in [0.5, 0.6) is 0 Å². The lowest BCUT2D eigenvalue weighted by Crippen LogP contribution is -2.29. The molecule has 0 aliphatic carbocycles. The van der Waals surface area contributed by atoms with E-state index < -0.39 is 0 Å². The second-order valence-electron chi connectivity index (χ2n) is 4.05. The monoisotopic (exact) mass is 223 g/mol. The highest BCUT2D eigenvalue weighted by molar-refractivity contribution is 5.75. The highest BCUT2D eigenvalue weighted by Gasteiger charge is 2.08. The summed E-state index contributed by atoms with van der Waals surface area (Å²) in [5.41, 5.74) is 6.80. The van der Waals surface area contributed by atoms with Crippen molar-refractivity contribution in [2.45, 2.75) is 39.3 Å². The Bertz CT molecular complexity index is 331. The first-order valence-corrected chi connectivity index (χ1v) is 5.82. The molecule has 0 aliphatic heterocycles. The maximum absolute atomic E-state index is 11.6. The Morgan fingerprint density at radius 3 is 3.00 bits per heavy atom. The van der Waals surface area contributed by atoms with E-state index in [0.717, 1.165) is 25.1 Å². The maximum atomic E-state index is 11.6. The zero-order chi connectivity index (χ0) is 12.0. The summed E-state index contributed by atoms with van der Waals surface area (Å²) in [6, 6.07) is 3.82. The molecular weight excluding hydrogens is 202 g/mol. The van der Waals surface area contributed by atoms with E-state index in [1.165, 1.54) is 0 Å². The molecule has 3 N–H and O–H groups in total. The van der Waals surface area contributed by atoms with Gasteiger partial charge in [0.1, 0.15) is 6.54 Å². The first kappa shape index (κ1) is 12.8. The Balaban J connectivity index is 2.46. The predicted octanol–water partition coefficient (Wildman–Crippen LogP) is 1.42. The van der Waals surface area contributed by atoms with Crippen LogP contribution in [0.4, 0.5) is 0 Å². The van der Waals surface area contributed by atoms with Gasteiger partial charge < -0.3 is 15.6 Å². The zero-order valence-corrected chi connectivity index (χ0v) is 10.1. The van der Waals surface area contributed by atoms with Crippen molar-refractivity contribution in [3.8, 4) is 0 Å². The highest BCUT2D eigenvalue weighted by atomic mass is 16.1. The lowest BCUT2D eigenvalue weighted by Gasteiger charge is -2.11. The molecule has 4 nitrogen and oxygen atoms in total. The van der Waals surface area contributed by atoms with Crippen LogP contribution in [0.15, 0.2) is 18.3 Å². The summed E-state index contributed by atoms with van der Waals surface area (Å²) in [7, 11) is 0. The molecule has 1 aromatic rings. The summed E-state index contributed by atoms with van der Waals surface area (Å²) < 4.78 is 1.89. The van der Waals surface area contributed by atoms with Gasteiger partial charge >= 0.3 is 0 Å². The molecule has 1 unspecified atom stereocenters. The number of carbonyl (C=O) groups excluding carboxylic acids is 1. The number of unbranched alkanes of at least 4 members (excludes halogenated alkanes) is 1. The van der Waals surface area contributed by atoms with Crippen molar-refractivity contribution >= 4 is 5.91 Å². The molecule has 4 heteroatoms. The number of nitrogens with two attached hydrogens (primary N) is 1. The lowest BCUT2D eigenvalue weighted by molar-refractivity contribution is -0.121. The molecule has 0 aliphatic rings. The highest BCUT2D eigenvalue weighted by Crippen LogP contribution is 2.10. The van der Waals surface area contributed by atoms with Gasteiger partial charge in [-0.15, -0.1) is 0 Å². The lowest BCUT2D eigenvalue weighted by atomic mass is 10.2. The van der Waals surface area contributed by atoms with Crippen LogP contribution in [-0.4, -0.2) is 17.0 Å². The molecular formula is C12H21N3O. The van der Waals surface area contributed by atoms with Crippen LogP contribution in [0, 0.1) is 0 Å². The number of carbonyl (C=O) groups is 1. The quantitative estimate of drug-likeness (QED) is 0.717. The molecule has 0 radical (unpaired) electrons. The Morgan fingerprint density at radius 1 is 1.62 bits per heavy atom. The largest absolute Gasteiger partial charge is 0.355 e. The van der Waals surface area contributed by atoms with Crippen molar-refractivity contribution in [2.24, 2.45) is 5.73 Å². The molecule has 1 aromatic heterocycles. The van der Waals surface area contributed by atoms with Gasteiger partial charge in [0.2, 0.25) is 5.91 Å². The smallest absolute Gasteiger partial charge is 0.239 e. The van der Waals surface area contributed by atoms with E-state index in [1.807, 2.05) is 29.8 Å². The van der Waals surface area contributed by atoms with Crippen LogP contribution >= 0.6 is 0 Å². The maximum Gasteiger partial charge on any atom is 0.239 e. The molecule has 1 heterocycles. The second-order valence-corrected chi connectivity index (χ2v) is 4.05. The standard InChI is InChI=1S/C12H21N3O/c1-3-4-7-14-12(16)9-15-8-5-6-11(15)10(2)13/h5-6,8,10H,3-4,7,9,13H2,1-2H3,(H,14,16). The summed E-state index contributed by atoms with van der Waals surface area (Å²) in [5.74, 6) is 0.0477. The minimum Gasteiger partial charge on any atom is -0.355 e. The van der Waals surface area contributed by atoms with Crippen LogP contribution in [0.2, 0.25) is 0 Å². The van der Waals surface area contributed by atoms with Gasteiger partial charge in [0, 0.05) is 24.5 Å². The fraction of sp³-hybridized carbons (Fsp3) is 0.583. The van der Waals surface area contributed by atoms with Crippen LogP contribution in [-0.2, 0) is 11.3 Å². The Hall–Kier alpha value is -1.29. The van der Waals surface area contributed by atoms with Crippen molar-refractivity contribution in [3.63, 3.8) is 0 Å². The van der Waals surface area contributed by atoms with Gasteiger partial charge in [-0.05, 0) is 25.5 Å². The third-order valence-electron chi connectivity index (χ3n) is 2.50. The number of rotatable bonds is 6. The topological polar surface area (TPSA) is 60.0 Å². The van der Waals surface area contributed by atoms with Gasteiger partial charge in [-0.3, -0.25) is 4.79 Å². The van der Waals surface area contributed by atoms with Crippen LogP contribution in [0.1, 0.15) is 38.4 Å². The van der Waals surface area contributed by atoms with E-state index in [2.05, 4.69) is 12.2 Å². The molecule has 0 saturated heterocycles. The molecule has 90 valence electrons. The number of hydrogen-bond donors (Lipinski definition) is 2.